The van der Waals surface area contributed by atoms with Crippen LogP contribution in [0.2, 0.25) is 0 Å². The molecule has 0 amide bonds. The number of hydrogen-bond donors (Lipinski definition) is 0. The monoisotopic (exact) mass is 220 g/mol. The summed E-state index contributed by atoms with van der Waals surface area (Å²) in [5.41, 5.74) is 0.907. The third kappa shape index (κ3) is 2.67. The van der Waals surface area contributed by atoms with Crippen LogP contribution in [0.5, 0.6) is 5.75 Å². The minimum absolute atomic E-state index is 0.280. The van der Waals surface area contributed by atoms with Gasteiger partial charge in [0.05, 0.1) is 7.11 Å². The van der Waals surface area contributed by atoms with Crippen LogP contribution >= 0.6 is 12.2 Å². The number of benzene rings is 1. The van der Waals surface area contributed by atoms with E-state index >= 15 is 0 Å². The van der Waals surface area contributed by atoms with Crippen molar-refractivity contribution in [3.63, 3.8) is 0 Å². The van der Waals surface area contributed by atoms with Gasteiger partial charge < -0.3 is 9.64 Å². The van der Waals surface area contributed by atoms with E-state index in [0.29, 0.717) is 6.54 Å². The first kappa shape index (κ1) is 11.5. The maximum atomic E-state index is 8.74. The van der Waals surface area contributed by atoms with Crippen LogP contribution in [0, 0.1) is 11.3 Å². The highest BCUT2D eigenvalue weighted by molar-refractivity contribution is 7.81. The summed E-state index contributed by atoms with van der Waals surface area (Å²) in [5, 5.41) is 8.74. The molecule has 78 valence electrons. The minimum atomic E-state index is 0.280. The maximum Gasteiger partial charge on any atom is 0.185 e. The van der Waals surface area contributed by atoms with Gasteiger partial charge in [-0.25, -0.2) is 0 Å². The molecule has 0 aliphatic carbocycles. The smallest absolute Gasteiger partial charge is 0.185 e. The summed E-state index contributed by atoms with van der Waals surface area (Å²) in [6, 6.07) is 9.42. The van der Waals surface area contributed by atoms with Crippen molar-refractivity contribution in [1.82, 2.24) is 0 Å². The van der Waals surface area contributed by atoms with Gasteiger partial charge in [-0.3, -0.25) is 0 Å². The van der Waals surface area contributed by atoms with E-state index in [0.717, 1.165) is 11.4 Å². The molecule has 0 spiro atoms. The minimum Gasteiger partial charge on any atom is -0.497 e. The predicted molar refractivity (Wildman–Crippen MR) is 64.2 cm³/mol. The molecule has 0 saturated heterocycles. The van der Waals surface area contributed by atoms with Crippen LogP contribution in [0.25, 0.3) is 0 Å². The molecule has 0 atom stereocenters. The highest BCUT2D eigenvalue weighted by Crippen LogP contribution is 2.19. The lowest BCUT2D eigenvalue weighted by molar-refractivity contribution is 0.415. The van der Waals surface area contributed by atoms with Crippen LogP contribution < -0.4 is 9.64 Å². The standard InChI is InChI=1S/C11H12N2OS/c1-3-13(11(15)8-12)9-4-6-10(14-2)7-5-9/h4-7H,3H2,1-2H3. The van der Waals surface area contributed by atoms with Crippen molar-refractivity contribution in [2.24, 2.45) is 0 Å². The molecule has 1 aromatic rings. The van der Waals surface area contributed by atoms with Crippen molar-refractivity contribution in [2.45, 2.75) is 6.92 Å². The molecule has 0 heterocycles. The normalized spacial score (nSPS) is 9.13. The molecule has 15 heavy (non-hydrogen) atoms. The first-order chi connectivity index (χ1) is 7.22. The number of nitrogens with zero attached hydrogens (tertiary/aromatic N) is 2. The number of ether oxygens (including phenoxy) is 1. The van der Waals surface area contributed by atoms with Gasteiger partial charge in [0.25, 0.3) is 0 Å². The fourth-order valence-electron chi connectivity index (χ4n) is 1.27. The third-order valence-electron chi connectivity index (χ3n) is 2.04. The molecule has 1 rings (SSSR count). The Hall–Kier alpha value is -1.60. The van der Waals surface area contributed by atoms with Gasteiger partial charge in [-0.15, -0.1) is 0 Å². The number of nitriles is 1. The topological polar surface area (TPSA) is 36.3 Å². The van der Waals surface area contributed by atoms with E-state index in [1.54, 1.807) is 12.0 Å². The van der Waals surface area contributed by atoms with E-state index < -0.39 is 0 Å². The average Bonchev–Trinajstić information content (AvgIpc) is 2.30. The Bertz CT molecular complexity index is 381. The van der Waals surface area contributed by atoms with Crippen LogP contribution in [0.15, 0.2) is 24.3 Å². The van der Waals surface area contributed by atoms with E-state index in [4.69, 9.17) is 22.2 Å². The molecule has 0 radical (unpaired) electrons. The van der Waals surface area contributed by atoms with Gasteiger partial charge in [0.15, 0.2) is 4.99 Å². The number of anilines is 1. The first-order valence-corrected chi connectivity index (χ1v) is 4.99. The Kier molecular flexibility index (Phi) is 4.07. The average molecular weight is 220 g/mol. The van der Waals surface area contributed by atoms with Gasteiger partial charge in [0, 0.05) is 12.2 Å². The van der Waals surface area contributed by atoms with E-state index in [9.17, 15) is 0 Å². The number of hydrogen-bond acceptors (Lipinski definition) is 3. The van der Waals surface area contributed by atoms with Gasteiger partial charge in [0.1, 0.15) is 11.8 Å². The van der Waals surface area contributed by atoms with Gasteiger partial charge in [-0.2, -0.15) is 5.26 Å². The highest BCUT2D eigenvalue weighted by atomic mass is 32.1. The lowest BCUT2D eigenvalue weighted by Crippen LogP contribution is -2.27. The van der Waals surface area contributed by atoms with Crippen LogP contribution in [-0.2, 0) is 0 Å². The molecule has 0 bridgehead atoms. The Morgan fingerprint density at radius 2 is 2.07 bits per heavy atom. The quantitative estimate of drug-likeness (QED) is 0.733. The van der Waals surface area contributed by atoms with E-state index in [1.165, 1.54) is 0 Å². The largest absolute Gasteiger partial charge is 0.497 e. The lowest BCUT2D eigenvalue weighted by atomic mass is 10.2. The Balaban J connectivity index is 2.94. The molecule has 0 aromatic heterocycles. The van der Waals surface area contributed by atoms with Crippen molar-refractivity contribution in [2.75, 3.05) is 18.6 Å². The van der Waals surface area contributed by atoms with Gasteiger partial charge in [-0.05, 0) is 43.4 Å². The van der Waals surface area contributed by atoms with Crippen molar-refractivity contribution in [3.05, 3.63) is 24.3 Å². The molecule has 0 fully saturated rings. The first-order valence-electron chi connectivity index (χ1n) is 4.58. The number of rotatable bonds is 3. The zero-order valence-electron chi connectivity index (χ0n) is 8.73. The Morgan fingerprint density at radius 3 is 2.47 bits per heavy atom. The molecule has 0 aliphatic rings. The van der Waals surface area contributed by atoms with Crippen molar-refractivity contribution >= 4 is 22.9 Å². The number of thiocarbonyl (C=S) groups is 1. The summed E-state index contributed by atoms with van der Waals surface area (Å²) in [7, 11) is 1.62. The van der Waals surface area contributed by atoms with E-state index in [1.807, 2.05) is 37.3 Å². The second-order valence-corrected chi connectivity index (χ2v) is 3.25. The molecule has 0 N–H and O–H groups in total. The summed E-state index contributed by atoms with van der Waals surface area (Å²) in [4.78, 5) is 2.05. The lowest BCUT2D eigenvalue weighted by Gasteiger charge is -2.19. The fraction of sp³-hybridized carbons (Fsp3) is 0.273. The molecule has 0 saturated carbocycles. The van der Waals surface area contributed by atoms with E-state index in [-0.39, 0.29) is 4.99 Å². The third-order valence-corrected chi connectivity index (χ3v) is 2.35. The molecule has 1 aromatic carbocycles. The number of methoxy groups -OCH3 is 1. The molecule has 3 nitrogen and oxygen atoms in total. The van der Waals surface area contributed by atoms with Crippen LogP contribution in [0.3, 0.4) is 0 Å². The second kappa shape index (κ2) is 5.32. The molecule has 0 aliphatic heterocycles. The summed E-state index contributed by atoms with van der Waals surface area (Å²) in [5.74, 6) is 0.790. The van der Waals surface area contributed by atoms with Crippen LogP contribution in [0.4, 0.5) is 5.69 Å². The van der Waals surface area contributed by atoms with Crippen molar-refractivity contribution in [3.8, 4) is 11.8 Å². The SMILES string of the molecule is CCN(C(=S)C#N)c1ccc(OC)cc1. The molecular formula is C11H12N2OS. The second-order valence-electron chi connectivity index (χ2n) is 2.86. The maximum absolute atomic E-state index is 8.74. The highest BCUT2D eigenvalue weighted by Gasteiger charge is 2.08. The fourth-order valence-corrected chi connectivity index (χ4v) is 1.50. The zero-order chi connectivity index (χ0) is 11.3. The Morgan fingerprint density at radius 1 is 1.47 bits per heavy atom. The summed E-state index contributed by atoms with van der Waals surface area (Å²) in [6.07, 6.45) is 0. The van der Waals surface area contributed by atoms with Crippen molar-refractivity contribution in [1.29, 1.82) is 5.26 Å². The molecular weight excluding hydrogens is 208 g/mol. The van der Waals surface area contributed by atoms with Gasteiger partial charge in [0.2, 0.25) is 0 Å². The Labute approximate surface area is 94.9 Å². The summed E-state index contributed by atoms with van der Waals surface area (Å²) < 4.78 is 5.05. The summed E-state index contributed by atoms with van der Waals surface area (Å²) >= 11 is 4.95. The van der Waals surface area contributed by atoms with Crippen LogP contribution in [-0.4, -0.2) is 18.6 Å². The van der Waals surface area contributed by atoms with Gasteiger partial charge >= 0.3 is 0 Å². The zero-order valence-corrected chi connectivity index (χ0v) is 9.54. The van der Waals surface area contributed by atoms with Crippen molar-refractivity contribution < 1.29 is 4.74 Å². The molecule has 4 heteroatoms. The predicted octanol–water partition coefficient (Wildman–Crippen LogP) is 2.37. The molecule has 0 unspecified atom stereocenters. The summed E-state index contributed by atoms with van der Waals surface area (Å²) in [6.45, 7) is 2.63. The van der Waals surface area contributed by atoms with E-state index in [2.05, 4.69) is 0 Å². The van der Waals surface area contributed by atoms with Gasteiger partial charge in [-0.1, -0.05) is 0 Å². The van der Waals surface area contributed by atoms with Crippen LogP contribution in [0.1, 0.15) is 6.92 Å².